The third kappa shape index (κ3) is 3.09. The second-order valence-electron chi connectivity index (χ2n) is 4.82. The molecule has 0 fully saturated rings. The van der Waals surface area contributed by atoms with Gasteiger partial charge in [-0.3, -0.25) is 4.79 Å². The van der Waals surface area contributed by atoms with Crippen molar-refractivity contribution in [2.45, 2.75) is 38.3 Å². The zero-order valence-electron chi connectivity index (χ0n) is 10.6. The highest BCUT2D eigenvalue weighted by molar-refractivity contribution is 5.96. The fourth-order valence-corrected chi connectivity index (χ4v) is 2.29. The number of hydrogen-bond acceptors (Lipinski definition) is 3. The van der Waals surface area contributed by atoms with E-state index in [2.05, 4.69) is 16.7 Å². The first kappa shape index (κ1) is 13.1. The molecule has 1 amide bonds. The molecule has 1 aliphatic heterocycles. The van der Waals surface area contributed by atoms with Gasteiger partial charge in [0.1, 0.15) is 0 Å². The molecule has 0 aromatic heterocycles. The van der Waals surface area contributed by atoms with Gasteiger partial charge >= 0.3 is 0 Å². The highest BCUT2D eigenvalue weighted by atomic mass is 16.3. The normalized spacial score (nSPS) is 20.8. The van der Waals surface area contributed by atoms with Crippen LogP contribution in [0.4, 0.5) is 5.69 Å². The van der Waals surface area contributed by atoms with E-state index in [1.807, 2.05) is 25.1 Å². The van der Waals surface area contributed by atoms with Gasteiger partial charge in [0.2, 0.25) is 5.91 Å². The maximum Gasteiger partial charge on any atom is 0.241 e. The Morgan fingerprint density at radius 2 is 2.28 bits per heavy atom. The van der Waals surface area contributed by atoms with E-state index < -0.39 is 0 Å². The van der Waals surface area contributed by atoms with Crippen molar-refractivity contribution in [2.75, 3.05) is 11.9 Å². The second kappa shape index (κ2) is 5.98. The van der Waals surface area contributed by atoms with E-state index in [0.29, 0.717) is 6.42 Å². The number of aliphatic hydroxyl groups is 1. The predicted molar refractivity (Wildman–Crippen MR) is 71.5 cm³/mol. The number of hydrogen-bond donors (Lipinski definition) is 3. The molecule has 1 aromatic carbocycles. The summed E-state index contributed by atoms with van der Waals surface area (Å²) in [6.07, 6.45) is 2.34. The first-order valence-corrected chi connectivity index (χ1v) is 6.46. The van der Waals surface area contributed by atoms with E-state index in [1.54, 1.807) is 0 Å². The van der Waals surface area contributed by atoms with Gasteiger partial charge in [0.15, 0.2) is 0 Å². The standard InChI is InChI=1S/C14H20N2O2/c1-10(8-9-17)15-13-7-6-11-4-2-3-5-12(11)16-14(13)18/h2-5,10,13,15,17H,6-9H2,1H3,(H,16,18). The Morgan fingerprint density at radius 3 is 3.06 bits per heavy atom. The Balaban J connectivity index is 2.03. The Bertz CT molecular complexity index is 420. The van der Waals surface area contributed by atoms with Gasteiger partial charge in [0.25, 0.3) is 0 Å². The largest absolute Gasteiger partial charge is 0.396 e. The van der Waals surface area contributed by atoms with E-state index in [1.165, 1.54) is 5.56 Å². The van der Waals surface area contributed by atoms with E-state index in [-0.39, 0.29) is 24.6 Å². The summed E-state index contributed by atoms with van der Waals surface area (Å²) >= 11 is 0. The average Bonchev–Trinajstić information content (AvgIpc) is 2.50. The number of rotatable bonds is 4. The molecule has 4 heteroatoms. The van der Waals surface area contributed by atoms with Crippen molar-refractivity contribution < 1.29 is 9.90 Å². The molecule has 0 aliphatic carbocycles. The summed E-state index contributed by atoms with van der Waals surface area (Å²) in [5.41, 5.74) is 2.10. The van der Waals surface area contributed by atoms with E-state index in [4.69, 9.17) is 5.11 Å². The maximum absolute atomic E-state index is 12.1. The van der Waals surface area contributed by atoms with E-state index in [9.17, 15) is 4.79 Å². The zero-order valence-corrected chi connectivity index (χ0v) is 10.6. The van der Waals surface area contributed by atoms with Gasteiger partial charge in [-0.1, -0.05) is 18.2 Å². The van der Waals surface area contributed by atoms with Gasteiger partial charge in [-0.05, 0) is 37.8 Å². The van der Waals surface area contributed by atoms with Gasteiger partial charge in [0, 0.05) is 18.3 Å². The molecule has 0 radical (unpaired) electrons. The molecule has 2 unspecified atom stereocenters. The highest BCUT2D eigenvalue weighted by Crippen LogP contribution is 2.21. The van der Waals surface area contributed by atoms with Crippen molar-refractivity contribution in [1.82, 2.24) is 5.32 Å². The smallest absolute Gasteiger partial charge is 0.241 e. The lowest BCUT2D eigenvalue weighted by Gasteiger charge is -2.20. The van der Waals surface area contributed by atoms with Crippen molar-refractivity contribution in [3.63, 3.8) is 0 Å². The van der Waals surface area contributed by atoms with Crippen molar-refractivity contribution in [3.05, 3.63) is 29.8 Å². The number of carbonyl (C=O) groups is 1. The van der Waals surface area contributed by atoms with Crippen LogP contribution in [0.2, 0.25) is 0 Å². The molecule has 98 valence electrons. The number of fused-ring (bicyclic) bond motifs is 1. The predicted octanol–water partition coefficient (Wildman–Crippen LogP) is 1.30. The highest BCUT2D eigenvalue weighted by Gasteiger charge is 2.24. The Kier molecular flexibility index (Phi) is 4.33. The second-order valence-corrected chi connectivity index (χ2v) is 4.82. The molecular weight excluding hydrogens is 228 g/mol. The van der Waals surface area contributed by atoms with Crippen LogP contribution in [0.5, 0.6) is 0 Å². The summed E-state index contributed by atoms with van der Waals surface area (Å²) in [7, 11) is 0. The van der Waals surface area contributed by atoms with Crippen molar-refractivity contribution in [1.29, 1.82) is 0 Å². The van der Waals surface area contributed by atoms with Crippen LogP contribution >= 0.6 is 0 Å². The molecule has 2 rings (SSSR count). The fourth-order valence-electron chi connectivity index (χ4n) is 2.29. The van der Waals surface area contributed by atoms with Gasteiger partial charge in [-0.25, -0.2) is 0 Å². The zero-order chi connectivity index (χ0) is 13.0. The third-order valence-corrected chi connectivity index (χ3v) is 3.34. The Labute approximate surface area is 107 Å². The molecular formula is C14H20N2O2. The molecule has 4 nitrogen and oxygen atoms in total. The van der Waals surface area contributed by atoms with Crippen molar-refractivity contribution in [2.24, 2.45) is 0 Å². The van der Waals surface area contributed by atoms with Gasteiger partial charge in [-0.15, -0.1) is 0 Å². The monoisotopic (exact) mass is 248 g/mol. The van der Waals surface area contributed by atoms with Crippen LogP contribution in [-0.2, 0) is 11.2 Å². The minimum atomic E-state index is -0.182. The average molecular weight is 248 g/mol. The van der Waals surface area contributed by atoms with Gasteiger partial charge < -0.3 is 15.7 Å². The van der Waals surface area contributed by atoms with Gasteiger partial charge in [0.05, 0.1) is 6.04 Å². The molecule has 0 bridgehead atoms. The maximum atomic E-state index is 12.1. The summed E-state index contributed by atoms with van der Waals surface area (Å²) in [4.78, 5) is 12.1. The lowest BCUT2D eigenvalue weighted by Crippen LogP contribution is -2.44. The number of benzene rings is 1. The molecule has 1 aromatic rings. The van der Waals surface area contributed by atoms with E-state index in [0.717, 1.165) is 18.5 Å². The summed E-state index contributed by atoms with van der Waals surface area (Å²) in [6.45, 7) is 2.13. The number of aryl methyl sites for hydroxylation is 1. The lowest BCUT2D eigenvalue weighted by molar-refractivity contribution is -0.118. The number of para-hydroxylation sites is 1. The van der Waals surface area contributed by atoms with Crippen LogP contribution in [0.25, 0.3) is 0 Å². The summed E-state index contributed by atoms with van der Waals surface area (Å²) in [5, 5.41) is 15.1. The van der Waals surface area contributed by atoms with E-state index >= 15 is 0 Å². The van der Waals surface area contributed by atoms with Crippen molar-refractivity contribution >= 4 is 11.6 Å². The number of anilines is 1. The third-order valence-electron chi connectivity index (χ3n) is 3.34. The van der Waals surface area contributed by atoms with Gasteiger partial charge in [-0.2, -0.15) is 0 Å². The van der Waals surface area contributed by atoms with Crippen LogP contribution in [0.1, 0.15) is 25.3 Å². The molecule has 18 heavy (non-hydrogen) atoms. The molecule has 0 spiro atoms. The summed E-state index contributed by atoms with van der Waals surface area (Å²) < 4.78 is 0. The molecule has 3 N–H and O–H groups in total. The SMILES string of the molecule is CC(CCO)NC1CCc2ccccc2NC1=O. The number of aliphatic hydroxyl groups excluding tert-OH is 1. The first-order chi connectivity index (χ1) is 8.70. The first-order valence-electron chi connectivity index (χ1n) is 6.46. The summed E-state index contributed by atoms with van der Waals surface area (Å²) in [5.74, 6) is 0.0183. The minimum absolute atomic E-state index is 0.0183. The molecule has 2 atom stereocenters. The van der Waals surface area contributed by atoms with Crippen LogP contribution in [-0.4, -0.2) is 29.7 Å². The fraction of sp³-hybridized carbons (Fsp3) is 0.500. The minimum Gasteiger partial charge on any atom is -0.396 e. The number of nitrogens with one attached hydrogen (secondary N) is 2. The number of amides is 1. The molecule has 0 saturated heterocycles. The van der Waals surface area contributed by atoms with Crippen molar-refractivity contribution in [3.8, 4) is 0 Å². The molecule has 1 heterocycles. The summed E-state index contributed by atoms with van der Waals surface area (Å²) in [6, 6.07) is 7.88. The van der Waals surface area contributed by atoms with Crippen LogP contribution in [0.3, 0.4) is 0 Å². The van der Waals surface area contributed by atoms with Crippen LogP contribution in [0.15, 0.2) is 24.3 Å². The molecule has 0 saturated carbocycles. The molecule has 1 aliphatic rings. The quantitative estimate of drug-likeness (QED) is 0.752. The lowest BCUT2D eigenvalue weighted by atomic mass is 10.1. The number of carbonyl (C=O) groups excluding carboxylic acids is 1. The van der Waals surface area contributed by atoms with Crippen LogP contribution < -0.4 is 10.6 Å². The Hall–Kier alpha value is -1.39. The Morgan fingerprint density at radius 1 is 1.50 bits per heavy atom. The topological polar surface area (TPSA) is 61.4 Å². The van der Waals surface area contributed by atoms with Crippen LogP contribution in [0, 0.1) is 0 Å².